The number of ether oxygens (including phenoxy) is 1. The molecule has 0 bridgehead atoms. The first-order chi connectivity index (χ1) is 8.65. The minimum Gasteiger partial charge on any atom is -0.465 e. The van der Waals surface area contributed by atoms with Gasteiger partial charge in [0.05, 0.1) is 12.7 Å². The van der Waals surface area contributed by atoms with Crippen LogP contribution in [0.3, 0.4) is 0 Å². The second kappa shape index (κ2) is 4.91. The Morgan fingerprint density at radius 2 is 1.94 bits per heavy atom. The number of esters is 1. The molecule has 0 N–H and O–H groups in total. The fourth-order valence-electron chi connectivity index (χ4n) is 1.55. The Balaban J connectivity index is 2.60. The monoisotopic (exact) mass is 249 g/mol. The molecule has 0 atom stereocenters. The van der Waals surface area contributed by atoms with Crippen molar-refractivity contribution in [3.05, 3.63) is 53.7 Å². The minimum atomic E-state index is -0.894. The van der Waals surface area contributed by atoms with Crippen molar-refractivity contribution in [2.45, 2.75) is 0 Å². The van der Waals surface area contributed by atoms with Gasteiger partial charge >= 0.3 is 5.97 Å². The van der Waals surface area contributed by atoms with Crippen molar-refractivity contribution in [2.75, 3.05) is 7.11 Å². The lowest BCUT2D eigenvalue weighted by atomic mass is 10.1. The van der Waals surface area contributed by atoms with Crippen LogP contribution in [-0.4, -0.2) is 18.1 Å². The van der Waals surface area contributed by atoms with Gasteiger partial charge in [0.1, 0.15) is 11.5 Å². The van der Waals surface area contributed by atoms with E-state index in [-0.39, 0.29) is 16.8 Å². The van der Waals surface area contributed by atoms with Gasteiger partial charge in [-0.3, -0.25) is 4.98 Å². The normalized spacial score (nSPS) is 10.2. The van der Waals surface area contributed by atoms with Crippen molar-refractivity contribution in [2.24, 2.45) is 0 Å². The number of methoxy groups -OCH3 is 1. The van der Waals surface area contributed by atoms with Gasteiger partial charge in [-0.2, -0.15) is 0 Å². The Morgan fingerprint density at radius 1 is 1.22 bits per heavy atom. The van der Waals surface area contributed by atoms with E-state index in [4.69, 9.17) is 0 Å². The van der Waals surface area contributed by atoms with Crippen LogP contribution in [0.2, 0.25) is 0 Å². The zero-order chi connectivity index (χ0) is 13.1. The predicted molar refractivity (Wildman–Crippen MR) is 60.9 cm³/mol. The van der Waals surface area contributed by atoms with Crippen LogP contribution in [0.4, 0.5) is 8.78 Å². The predicted octanol–water partition coefficient (Wildman–Crippen LogP) is 2.81. The van der Waals surface area contributed by atoms with Gasteiger partial charge < -0.3 is 4.74 Å². The summed E-state index contributed by atoms with van der Waals surface area (Å²) in [6, 6.07) is 6.82. The molecule has 0 aliphatic carbocycles. The molecule has 1 aromatic heterocycles. The largest absolute Gasteiger partial charge is 0.465 e. The highest BCUT2D eigenvalue weighted by molar-refractivity contribution is 5.90. The summed E-state index contributed by atoms with van der Waals surface area (Å²) in [5.41, 5.74) is -0.484. The van der Waals surface area contributed by atoms with E-state index in [1.165, 1.54) is 30.5 Å². The summed E-state index contributed by atoms with van der Waals surface area (Å²) < 4.78 is 32.0. The number of rotatable bonds is 2. The van der Waals surface area contributed by atoms with Crippen molar-refractivity contribution in [1.82, 2.24) is 4.98 Å². The lowest BCUT2D eigenvalue weighted by Crippen LogP contribution is -2.06. The molecule has 0 saturated heterocycles. The summed E-state index contributed by atoms with van der Waals surface area (Å²) in [7, 11) is 1.14. The van der Waals surface area contributed by atoms with E-state index in [1.54, 1.807) is 6.07 Å². The van der Waals surface area contributed by atoms with Crippen LogP contribution in [-0.2, 0) is 4.74 Å². The van der Waals surface area contributed by atoms with Gasteiger partial charge in [-0.15, -0.1) is 0 Å². The summed E-state index contributed by atoms with van der Waals surface area (Å²) in [5, 5.41) is 0. The number of carbonyl (C=O) groups excluding carboxylic acids is 1. The number of halogens is 2. The maximum atomic E-state index is 14.0. The van der Waals surface area contributed by atoms with Crippen LogP contribution < -0.4 is 0 Å². The Kier molecular flexibility index (Phi) is 3.32. The Morgan fingerprint density at radius 3 is 2.61 bits per heavy atom. The Hall–Kier alpha value is -2.30. The van der Waals surface area contributed by atoms with Gasteiger partial charge in [-0.05, 0) is 18.2 Å². The second-order valence-corrected chi connectivity index (χ2v) is 3.49. The third-order valence-electron chi connectivity index (χ3n) is 2.42. The number of hydrogen-bond acceptors (Lipinski definition) is 3. The van der Waals surface area contributed by atoms with E-state index in [2.05, 4.69) is 9.72 Å². The number of benzene rings is 1. The van der Waals surface area contributed by atoms with Crippen molar-refractivity contribution in [3.63, 3.8) is 0 Å². The highest BCUT2D eigenvalue weighted by Crippen LogP contribution is 2.25. The van der Waals surface area contributed by atoms with E-state index in [0.29, 0.717) is 0 Å². The molecule has 0 aliphatic rings. The average molecular weight is 249 g/mol. The first-order valence-electron chi connectivity index (χ1n) is 5.13. The van der Waals surface area contributed by atoms with Crippen LogP contribution in [0, 0.1) is 11.6 Å². The number of pyridine rings is 1. The summed E-state index contributed by atoms with van der Waals surface area (Å²) in [6.45, 7) is 0. The van der Waals surface area contributed by atoms with Crippen LogP contribution in [0.25, 0.3) is 11.3 Å². The smallest absolute Gasteiger partial charge is 0.340 e. The van der Waals surface area contributed by atoms with Crippen LogP contribution in [0.15, 0.2) is 36.5 Å². The zero-order valence-electron chi connectivity index (χ0n) is 9.48. The number of carbonyl (C=O) groups is 1. The molecular formula is C13H9F2NO2. The van der Waals surface area contributed by atoms with Crippen molar-refractivity contribution < 1.29 is 18.3 Å². The van der Waals surface area contributed by atoms with Crippen molar-refractivity contribution in [3.8, 4) is 11.3 Å². The first kappa shape index (κ1) is 12.2. The fourth-order valence-corrected chi connectivity index (χ4v) is 1.55. The summed E-state index contributed by atoms with van der Waals surface area (Å²) in [6.07, 6.45) is 1.23. The molecule has 5 heteroatoms. The topological polar surface area (TPSA) is 39.2 Å². The first-order valence-corrected chi connectivity index (χ1v) is 5.13. The maximum absolute atomic E-state index is 14.0. The summed E-state index contributed by atoms with van der Waals surface area (Å²) >= 11 is 0. The lowest BCUT2D eigenvalue weighted by Gasteiger charge is -2.06. The minimum absolute atomic E-state index is 0.000697. The van der Waals surface area contributed by atoms with Crippen LogP contribution in [0.1, 0.15) is 10.4 Å². The lowest BCUT2D eigenvalue weighted by molar-refractivity contribution is 0.0595. The molecule has 0 aliphatic heterocycles. The van der Waals surface area contributed by atoms with Gasteiger partial charge in [-0.25, -0.2) is 13.6 Å². The van der Waals surface area contributed by atoms with E-state index in [1.807, 2.05) is 0 Å². The van der Waals surface area contributed by atoms with Crippen LogP contribution in [0.5, 0.6) is 0 Å². The SMILES string of the molecule is COC(=O)c1ccnc(-c2ccccc2F)c1F. The number of aromatic nitrogens is 1. The van der Waals surface area contributed by atoms with Gasteiger partial charge in [-0.1, -0.05) is 12.1 Å². The van der Waals surface area contributed by atoms with Gasteiger partial charge in [0, 0.05) is 11.8 Å². The van der Waals surface area contributed by atoms with E-state index in [0.717, 1.165) is 7.11 Å². The molecule has 0 spiro atoms. The number of nitrogens with zero attached hydrogens (tertiary/aromatic N) is 1. The van der Waals surface area contributed by atoms with Crippen molar-refractivity contribution >= 4 is 5.97 Å². The Labute approximate surface area is 102 Å². The second-order valence-electron chi connectivity index (χ2n) is 3.49. The molecule has 0 saturated carbocycles. The highest BCUT2D eigenvalue weighted by Gasteiger charge is 2.19. The van der Waals surface area contributed by atoms with Crippen molar-refractivity contribution in [1.29, 1.82) is 0 Å². The summed E-state index contributed by atoms with van der Waals surface area (Å²) in [5.74, 6) is -2.33. The third-order valence-corrected chi connectivity index (χ3v) is 2.42. The molecular weight excluding hydrogens is 240 g/mol. The molecule has 92 valence electrons. The molecule has 0 amide bonds. The zero-order valence-corrected chi connectivity index (χ0v) is 9.48. The third kappa shape index (κ3) is 2.07. The molecule has 2 rings (SSSR count). The highest BCUT2D eigenvalue weighted by atomic mass is 19.1. The van der Waals surface area contributed by atoms with E-state index < -0.39 is 17.6 Å². The molecule has 1 heterocycles. The standard InChI is InChI=1S/C13H9F2NO2/c1-18-13(17)9-6-7-16-12(11(9)15)8-4-2-3-5-10(8)14/h2-7H,1H3. The Bertz CT molecular complexity index is 599. The average Bonchev–Trinajstić information content (AvgIpc) is 2.39. The quantitative estimate of drug-likeness (QED) is 0.768. The maximum Gasteiger partial charge on any atom is 0.340 e. The molecule has 18 heavy (non-hydrogen) atoms. The van der Waals surface area contributed by atoms with E-state index in [9.17, 15) is 13.6 Å². The molecule has 0 unspecified atom stereocenters. The van der Waals surface area contributed by atoms with Crippen LogP contribution >= 0.6 is 0 Å². The van der Waals surface area contributed by atoms with Gasteiger partial charge in [0.15, 0.2) is 5.82 Å². The fraction of sp³-hybridized carbons (Fsp3) is 0.0769. The van der Waals surface area contributed by atoms with E-state index >= 15 is 0 Å². The summed E-state index contributed by atoms with van der Waals surface area (Å²) in [4.78, 5) is 15.1. The van der Waals surface area contributed by atoms with Gasteiger partial charge in [0.2, 0.25) is 0 Å². The molecule has 0 fully saturated rings. The molecule has 3 nitrogen and oxygen atoms in total. The molecule has 2 aromatic rings. The molecule has 0 radical (unpaired) electrons. The van der Waals surface area contributed by atoms with Gasteiger partial charge in [0.25, 0.3) is 0 Å². The number of hydrogen-bond donors (Lipinski definition) is 0. The molecule has 1 aromatic carbocycles.